The molecule has 33 heteroatoms. The fourth-order valence-electron chi connectivity index (χ4n) is 5.36. The van der Waals surface area contributed by atoms with Crippen LogP contribution in [0.2, 0.25) is 0 Å². The van der Waals surface area contributed by atoms with E-state index in [2.05, 4.69) is 34.1 Å². The van der Waals surface area contributed by atoms with Crippen molar-refractivity contribution in [3.63, 3.8) is 0 Å². The summed E-state index contributed by atoms with van der Waals surface area (Å²) in [7, 11) is -14.5. The number of ether oxygens (including phenoxy) is 3. The predicted octanol–water partition coefficient (Wildman–Crippen LogP) is -16.7. The summed E-state index contributed by atoms with van der Waals surface area (Å²) in [6, 6.07) is 1.30. The third-order valence-electron chi connectivity index (χ3n) is 7.54. The Morgan fingerprint density at radius 1 is 0.964 bits per heavy atom. The average molecular weight is 891 g/mol. The van der Waals surface area contributed by atoms with Crippen LogP contribution in [0.4, 0.5) is 11.8 Å². The van der Waals surface area contributed by atoms with Gasteiger partial charge < -0.3 is 68.5 Å². The zero-order valence-corrected chi connectivity index (χ0v) is 41.4. The maximum absolute atomic E-state index is 14.3. The normalized spacial score (nSPS) is 24.7. The number of H-pyrrole nitrogens is 1. The number of nitrogens with one attached hydrogen (secondary N) is 2. The Morgan fingerprint density at radius 3 is 2.27 bits per heavy atom. The number of phosphoric ester groups is 2. The van der Waals surface area contributed by atoms with Crippen LogP contribution in [0.5, 0.6) is 0 Å². The molecule has 0 aliphatic carbocycles. The number of aromatic amines is 1. The van der Waals surface area contributed by atoms with Gasteiger partial charge in [0.1, 0.15) is 30.2 Å². The average Bonchev–Trinajstić information content (AvgIpc) is 3.72. The molecule has 0 bridgehead atoms. The number of rotatable bonds is 17. The molecule has 2 aliphatic rings. The Hall–Kier alpha value is 1.000. The van der Waals surface area contributed by atoms with Crippen LogP contribution in [0.15, 0.2) is 28.2 Å². The molecule has 3 aromatic rings. The molecule has 0 amide bonds. The molecule has 290 valence electrons. The van der Waals surface area contributed by atoms with Crippen LogP contribution in [0, 0.1) is 0 Å². The molecule has 26 nitrogen and oxygen atoms in total. The molecular weight excluding hydrogens is 859 g/mol. The van der Waals surface area contributed by atoms with E-state index in [9.17, 15) is 48.0 Å². The number of aliphatic hydroxyl groups excluding tert-OH is 1. The molecule has 5 heterocycles. The molecule has 0 aromatic carbocycles. The molecule has 2 saturated heterocycles. The third-order valence-corrected chi connectivity index (χ3v) is 10.1. The van der Waals surface area contributed by atoms with E-state index in [0.717, 1.165) is 10.9 Å². The van der Waals surface area contributed by atoms with Gasteiger partial charge in [0.15, 0.2) is 23.6 Å². The van der Waals surface area contributed by atoms with Crippen molar-refractivity contribution in [2.24, 2.45) is 0 Å². The molecule has 8 atom stereocenters. The number of nitrogens with two attached hydrogens (primary N) is 2. The smallest absolute Gasteiger partial charge is 0.790 e. The summed E-state index contributed by atoms with van der Waals surface area (Å²) in [6.45, 7) is -2.57. The van der Waals surface area contributed by atoms with Crippen molar-refractivity contribution in [2.45, 2.75) is 55.8 Å². The number of hydrogen-bond donors (Lipinski definition) is 5. The number of hydrogen-bond acceptors (Lipinski definition) is 22. The van der Waals surface area contributed by atoms with Crippen LogP contribution in [-0.4, -0.2) is 98.2 Å². The Balaban J connectivity index is 0.00000392. The van der Waals surface area contributed by atoms with E-state index >= 15 is 0 Å². The number of methoxy groups -OCH3 is 1. The minimum Gasteiger partial charge on any atom is -0.790 e. The fourth-order valence-corrected chi connectivity index (χ4v) is 7.64. The first-order valence-corrected chi connectivity index (χ1v) is 19.4. The second-order valence-corrected chi connectivity index (χ2v) is 15.3. The summed E-state index contributed by atoms with van der Waals surface area (Å²) in [5, 5.41) is 13.1. The van der Waals surface area contributed by atoms with E-state index in [0.29, 0.717) is 0 Å². The number of imidazole rings is 1. The fraction of sp³-hybridized carbons (Fsp3) is 0.609. The molecule has 56 heavy (non-hydrogen) atoms. The van der Waals surface area contributed by atoms with Gasteiger partial charge in [0.05, 0.1) is 47.9 Å². The van der Waals surface area contributed by atoms with Gasteiger partial charge in [0.25, 0.3) is 5.56 Å². The zero-order valence-electron chi connectivity index (χ0n) is 30.7. The summed E-state index contributed by atoms with van der Waals surface area (Å²) in [5.41, 5.74) is 9.39. The molecule has 2 aliphatic heterocycles. The van der Waals surface area contributed by atoms with Crippen molar-refractivity contribution in [2.75, 3.05) is 44.9 Å². The van der Waals surface area contributed by atoms with Crippen LogP contribution < -0.4 is 166 Å². The molecular formula is C23H32N9Na4O17P3. The maximum atomic E-state index is 14.3. The molecule has 0 radical (unpaired) electrons. The number of aromatic nitrogens is 6. The number of phosphoric acid groups is 2. The third kappa shape index (κ3) is 14.8. The van der Waals surface area contributed by atoms with E-state index in [1.807, 2.05) is 0 Å². The molecule has 0 spiro atoms. The summed E-state index contributed by atoms with van der Waals surface area (Å²) >= 11 is 0. The van der Waals surface area contributed by atoms with Crippen molar-refractivity contribution in [3.8, 4) is 0 Å². The molecule has 1 unspecified atom stereocenters. The number of aliphatic hydroxyl groups is 1. The van der Waals surface area contributed by atoms with Crippen molar-refractivity contribution < 1.29 is 189 Å². The van der Waals surface area contributed by atoms with Gasteiger partial charge in [-0.3, -0.25) is 28.0 Å². The summed E-state index contributed by atoms with van der Waals surface area (Å²) in [5.74, 6) is -0.371. The topological polar surface area (TPSA) is 391 Å². The minimum absolute atomic E-state index is 0. The van der Waals surface area contributed by atoms with Gasteiger partial charge in [0.2, 0.25) is 5.95 Å². The number of nitrogens with zero attached hydrogens (tertiary/aromatic N) is 5. The van der Waals surface area contributed by atoms with E-state index in [-0.39, 0.29) is 161 Å². The molecule has 3 aromatic heterocycles. The van der Waals surface area contributed by atoms with Crippen molar-refractivity contribution in [1.29, 1.82) is 0 Å². The van der Waals surface area contributed by atoms with E-state index in [1.54, 1.807) is 0 Å². The summed E-state index contributed by atoms with van der Waals surface area (Å²) in [6.07, 6.45) is -7.45. The summed E-state index contributed by atoms with van der Waals surface area (Å²) in [4.78, 5) is 83.2. The van der Waals surface area contributed by atoms with Gasteiger partial charge in [0, 0.05) is 26.3 Å². The first-order valence-electron chi connectivity index (χ1n) is 15.0. The Kier molecular flexibility index (Phi) is 23.0. The van der Waals surface area contributed by atoms with Gasteiger partial charge >= 0.3 is 132 Å². The van der Waals surface area contributed by atoms with E-state index < -0.39 is 97.4 Å². The number of nitrogen functional groups attached to an aromatic ring is 2. The standard InChI is InChI=1S/C23H36N9O17P3.4Na/c1-43-17-16(13(9-46-52(40,41)42)48-21(17)32-10-26-15-18(32)29-22(25)30-19(15)34)49-50(36,27-4-2-6-44-51(37,38)39)45-8-11-7-12(33)20(47-11)31-5-3-14(24)28-23(31)35;;;;/h3,5,10-13,16-17,20-21,33H,2,4,6-9H2,1H3,(H,27,36)(H2,24,28,35)(H2,37,38,39)(H2,40,41,42)(H3,25,29,30,34);;;;/q;4*+1/p-4/t11-,12+,13+,16+,17+,20+,21+,50?;;;;/m0..../s1. The predicted molar refractivity (Wildman–Crippen MR) is 163 cm³/mol. The maximum Gasteiger partial charge on any atom is 1.00 e. The van der Waals surface area contributed by atoms with Gasteiger partial charge in [-0.1, -0.05) is 0 Å². The van der Waals surface area contributed by atoms with Crippen molar-refractivity contribution in [1.82, 2.24) is 34.2 Å². The monoisotopic (exact) mass is 891 g/mol. The van der Waals surface area contributed by atoms with Gasteiger partial charge in [-0.05, 0) is 12.5 Å². The van der Waals surface area contributed by atoms with E-state index in [4.69, 9.17) is 34.7 Å². The Labute approximate surface area is 405 Å². The SMILES string of the molecule is CO[C@@H]1[C@H](OP(=O)(NCCCOP(=O)([O-])[O-])OC[C@@H]2C[C@@H](O)[C@H](n3ccc(N)nc3=O)O2)[C@@H](COP(=O)([O-])[O-])O[C@H]1n1cnc2c(=O)[nH]c(N)nc21.[Na+].[Na+].[Na+].[Na+]. The largest absolute Gasteiger partial charge is 1.00 e. The molecule has 7 N–H and O–H groups in total. The molecule has 2 fully saturated rings. The number of anilines is 2. The Bertz CT molecular complexity index is 2000. The molecule has 0 saturated carbocycles. The van der Waals surface area contributed by atoms with Crippen LogP contribution in [0.25, 0.3) is 11.2 Å². The van der Waals surface area contributed by atoms with Crippen molar-refractivity contribution in [3.05, 3.63) is 39.4 Å². The van der Waals surface area contributed by atoms with Crippen LogP contribution in [-0.2, 0) is 46.0 Å². The second kappa shape index (κ2) is 23.4. The van der Waals surface area contributed by atoms with Crippen LogP contribution in [0.3, 0.4) is 0 Å². The first-order chi connectivity index (χ1) is 24.4. The van der Waals surface area contributed by atoms with Gasteiger partial charge in [-0.15, -0.1) is 0 Å². The van der Waals surface area contributed by atoms with Crippen molar-refractivity contribution >= 4 is 46.3 Å². The van der Waals surface area contributed by atoms with Gasteiger partial charge in [-0.2, -0.15) is 9.97 Å². The zero-order chi connectivity index (χ0) is 38.0. The number of fused-ring (bicyclic) bond motifs is 1. The van der Waals surface area contributed by atoms with Crippen LogP contribution >= 0.6 is 23.4 Å². The Morgan fingerprint density at radius 2 is 1.64 bits per heavy atom. The van der Waals surface area contributed by atoms with Gasteiger partial charge in [-0.25, -0.2) is 19.4 Å². The van der Waals surface area contributed by atoms with E-state index in [1.165, 1.54) is 23.9 Å². The molecule has 5 rings (SSSR count). The first kappa shape index (κ1) is 55.0. The van der Waals surface area contributed by atoms with Crippen LogP contribution in [0.1, 0.15) is 25.3 Å². The minimum atomic E-state index is -5.62. The summed E-state index contributed by atoms with van der Waals surface area (Å²) < 4.78 is 76.2. The second-order valence-electron chi connectivity index (χ2n) is 11.2. The quantitative estimate of drug-likeness (QED) is 0.0477.